The number of benzene rings is 1. The second-order valence-corrected chi connectivity index (χ2v) is 5.03. The third-order valence-corrected chi connectivity index (χ3v) is 3.52. The van der Waals surface area contributed by atoms with Crippen LogP contribution in [0.15, 0.2) is 24.5 Å². The number of hydrogen-bond donors (Lipinski definition) is 1. The first-order chi connectivity index (χ1) is 9.49. The van der Waals surface area contributed by atoms with Gasteiger partial charge in [0.2, 0.25) is 0 Å². The molecule has 1 aromatic carbocycles. The van der Waals surface area contributed by atoms with E-state index >= 15 is 0 Å². The lowest BCUT2D eigenvalue weighted by atomic mass is 10.1. The van der Waals surface area contributed by atoms with E-state index in [-0.39, 0.29) is 18.1 Å². The number of carbonyl (C=O) groups excluding carboxylic acids is 2. The van der Waals surface area contributed by atoms with Crippen molar-refractivity contribution in [2.24, 2.45) is 5.73 Å². The molecule has 1 aliphatic rings. The highest BCUT2D eigenvalue weighted by Crippen LogP contribution is 2.27. The standard InChI is InChI=1S/C13H11ClN4O2/c1-17-5-10-11(12(15)19)16-6-18(10)9-3-2-7(14)4-8(9)13(17)20/h2-4,6H,5H2,1H3,(H2,15,19). The molecule has 0 bridgehead atoms. The SMILES string of the molecule is CN1Cc2c(C(N)=O)ncn2-c2ccc(Cl)cc2C1=O. The third kappa shape index (κ3) is 1.77. The largest absolute Gasteiger partial charge is 0.364 e. The number of amides is 2. The molecule has 0 spiro atoms. The number of fused-ring (bicyclic) bond motifs is 3. The lowest BCUT2D eigenvalue weighted by molar-refractivity contribution is 0.0785. The maximum absolute atomic E-state index is 12.4. The number of hydrogen-bond acceptors (Lipinski definition) is 3. The number of rotatable bonds is 1. The molecule has 20 heavy (non-hydrogen) atoms. The average Bonchev–Trinajstić information content (AvgIpc) is 2.77. The summed E-state index contributed by atoms with van der Waals surface area (Å²) in [7, 11) is 1.65. The average molecular weight is 291 g/mol. The number of halogens is 1. The molecular formula is C13H11ClN4O2. The van der Waals surface area contributed by atoms with Crippen molar-refractivity contribution in [1.82, 2.24) is 14.5 Å². The number of imidazole rings is 1. The van der Waals surface area contributed by atoms with Gasteiger partial charge in [-0.3, -0.25) is 14.2 Å². The Morgan fingerprint density at radius 3 is 2.90 bits per heavy atom. The van der Waals surface area contributed by atoms with Crippen molar-refractivity contribution in [3.63, 3.8) is 0 Å². The second-order valence-electron chi connectivity index (χ2n) is 4.60. The Bertz CT molecular complexity index is 738. The lowest BCUT2D eigenvalue weighted by Gasteiger charge is -2.14. The Hall–Kier alpha value is -2.34. The molecule has 0 saturated carbocycles. The molecule has 1 aromatic heterocycles. The molecule has 102 valence electrons. The van der Waals surface area contributed by atoms with Crippen LogP contribution in [0.25, 0.3) is 5.69 Å². The highest BCUT2D eigenvalue weighted by atomic mass is 35.5. The summed E-state index contributed by atoms with van der Waals surface area (Å²) in [5, 5.41) is 0.476. The summed E-state index contributed by atoms with van der Waals surface area (Å²) in [6.45, 7) is 0.253. The quantitative estimate of drug-likeness (QED) is 0.857. The van der Waals surface area contributed by atoms with E-state index in [0.29, 0.717) is 22.0 Å². The fourth-order valence-electron chi connectivity index (χ4n) is 2.33. The zero-order valence-corrected chi connectivity index (χ0v) is 11.4. The first-order valence-corrected chi connectivity index (χ1v) is 6.28. The van der Waals surface area contributed by atoms with Crippen molar-refractivity contribution in [2.75, 3.05) is 7.05 Å². The summed E-state index contributed by atoms with van der Waals surface area (Å²) in [5.74, 6) is -0.779. The maximum Gasteiger partial charge on any atom is 0.269 e. The Morgan fingerprint density at radius 2 is 2.20 bits per heavy atom. The summed E-state index contributed by atoms with van der Waals surface area (Å²) in [5.41, 5.74) is 7.19. The Morgan fingerprint density at radius 1 is 1.45 bits per heavy atom. The van der Waals surface area contributed by atoms with E-state index in [1.165, 1.54) is 11.2 Å². The number of carbonyl (C=O) groups is 2. The predicted molar refractivity (Wildman–Crippen MR) is 72.9 cm³/mol. The van der Waals surface area contributed by atoms with E-state index in [9.17, 15) is 9.59 Å². The maximum atomic E-state index is 12.4. The summed E-state index contributed by atoms with van der Waals surface area (Å²) < 4.78 is 1.70. The van der Waals surface area contributed by atoms with Crippen LogP contribution < -0.4 is 5.73 Å². The van der Waals surface area contributed by atoms with Crippen LogP contribution in [-0.4, -0.2) is 33.3 Å². The van der Waals surface area contributed by atoms with Crippen LogP contribution in [0.5, 0.6) is 0 Å². The molecule has 2 amide bonds. The molecule has 1 aliphatic heterocycles. The van der Waals surface area contributed by atoms with E-state index in [0.717, 1.165) is 0 Å². The normalized spacial score (nSPS) is 13.7. The van der Waals surface area contributed by atoms with Gasteiger partial charge in [0.25, 0.3) is 11.8 Å². The molecule has 2 heterocycles. The molecule has 0 fully saturated rings. The van der Waals surface area contributed by atoms with Crippen LogP contribution in [0, 0.1) is 0 Å². The molecule has 0 saturated heterocycles. The molecule has 0 unspecified atom stereocenters. The minimum atomic E-state index is -0.614. The van der Waals surface area contributed by atoms with E-state index in [4.69, 9.17) is 17.3 Å². The van der Waals surface area contributed by atoms with Gasteiger partial charge in [0.1, 0.15) is 6.33 Å². The molecule has 6 nitrogen and oxygen atoms in total. The zero-order chi connectivity index (χ0) is 14.4. The van der Waals surface area contributed by atoms with Gasteiger partial charge in [-0.15, -0.1) is 0 Å². The predicted octanol–water partition coefficient (Wildman–Crippen LogP) is 1.21. The summed E-state index contributed by atoms with van der Waals surface area (Å²) in [4.78, 5) is 29.3. The first-order valence-electron chi connectivity index (χ1n) is 5.90. The van der Waals surface area contributed by atoms with Gasteiger partial charge in [0.15, 0.2) is 5.69 Å². The molecule has 0 aliphatic carbocycles. The van der Waals surface area contributed by atoms with E-state index < -0.39 is 5.91 Å². The minimum absolute atomic E-state index is 0.165. The molecule has 0 radical (unpaired) electrons. The van der Waals surface area contributed by atoms with Crippen molar-refractivity contribution in [3.8, 4) is 5.69 Å². The van der Waals surface area contributed by atoms with Crippen LogP contribution in [-0.2, 0) is 6.54 Å². The van der Waals surface area contributed by atoms with Gasteiger partial charge < -0.3 is 10.6 Å². The van der Waals surface area contributed by atoms with Gasteiger partial charge in [-0.1, -0.05) is 11.6 Å². The smallest absolute Gasteiger partial charge is 0.269 e. The second kappa shape index (κ2) is 4.35. The highest BCUT2D eigenvalue weighted by molar-refractivity contribution is 6.31. The molecule has 3 rings (SSSR count). The van der Waals surface area contributed by atoms with Gasteiger partial charge in [0, 0.05) is 12.1 Å². The van der Waals surface area contributed by atoms with Crippen LogP contribution in [0.4, 0.5) is 0 Å². The fraction of sp³-hybridized carbons (Fsp3) is 0.154. The number of aromatic nitrogens is 2. The molecule has 0 atom stereocenters. The van der Waals surface area contributed by atoms with Crippen molar-refractivity contribution >= 4 is 23.4 Å². The minimum Gasteiger partial charge on any atom is -0.364 e. The highest BCUT2D eigenvalue weighted by Gasteiger charge is 2.27. The molecule has 7 heteroatoms. The molecule has 2 N–H and O–H groups in total. The number of nitrogens with two attached hydrogens (primary N) is 1. The first kappa shape index (κ1) is 12.7. The molecule has 2 aromatic rings. The number of primary amides is 1. The summed E-state index contributed by atoms with van der Waals surface area (Å²) in [6, 6.07) is 5.02. The van der Waals surface area contributed by atoms with Crippen molar-refractivity contribution in [3.05, 3.63) is 46.5 Å². The van der Waals surface area contributed by atoms with E-state index in [2.05, 4.69) is 4.98 Å². The van der Waals surface area contributed by atoms with Crippen molar-refractivity contribution in [2.45, 2.75) is 6.54 Å². The Kier molecular flexibility index (Phi) is 2.76. The fourth-order valence-corrected chi connectivity index (χ4v) is 2.50. The van der Waals surface area contributed by atoms with E-state index in [1.807, 2.05) is 0 Å². The Balaban J connectivity index is 2.31. The topological polar surface area (TPSA) is 81.2 Å². The third-order valence-electron chi connectivity index (χ3n) is 3.28. The lowest BCUT2D eigenvalue weighted by Crippen LogP contribution is -2.26. The summed E-state index contributed by atoms with van der Waals surface area (Å²) in [6.07, 6.45) is 1.49. The van der Waals surface area contributed by atoms with Crippen molar-refractivity contribution in [1.29, 1.82) is 0 Å². The number of nitrogens with zero attached hydrogens (tertiary/aromatic N) is 3. The van der Waals surface area contributed by atoms with Crippen molar-refractivity contribution < 1.29 is 9.59 Å². The van der Waals surface area contributed by atoms with Gasteiger partial charge in [-0.25, -0.2) is 4.98 Å². The van der Waals surface area contributed by atoms with Crippen LogP contribution in [0.1, 0.15) is 26.5 Å². The molecular weight excluding hydrogens is 280 g/mol. The van der Waals surface area contributed by atoms with Crippen LogP contribution >= 0.6 is 11.6 Å². The van der Waals surface area contributed by atoms with Gasteiger partial charge >= 0.3 is 0 Å². The van der Waals surface area contributed by atoms with Gasteiger partial charge in [0.05, 0.1) is 23.5 Å². The van der Waals surface area contributed by atoms with Gasteiger partial charge in [-0.05, 0) is 18.2 Å². The van der Waals surface area contributed by atoms with E-state index in [1.54, 1.807) is 29.8 Å². The zero-order valence-electron chi connectivity index (χ0n) is 10.6. The van der Waals surface area contributed by atoms with Gasteiger partial charge in [-0.2, -0.15) is 0 Å². The Labute approximate surface area is 119 Å². The monoisotopic (exact) mass is 290 g/mol. The van der Waals surface area contributed by atoms with Crippen LogP contribution in [0.2, 0.25) is 5.02 Å². The van der Waals surface area contributed by atoms with Crippen LogP contribution in [0.3, 0.4) is 0 Å². The summed E-state index contributed by atoms with van der Waals surface area (Å²) >= 11 is 5.96.